The van der Waals surface area contributed by atoms with Gasteiger partial charge in [-0.1, -0.05) is 58.4 Å². The van der Waals surface area contributed by atoms with Crippen molar-refractivity contribution in [1.82, 2.24) is 4.90 Å². The third kappa shape index (κ3) is 4.79. The first-order valence-electron chi connectivity index (χ1n) is 8.42. The van der Waals surface area contributed by atoms with Gasteiger partial charge in [-0.25, -0.2) is 0 Å². The molecule has 0 aromatic heterocycles. The molecule has 0 amide bonds. The molecule has 0 N–H and O–H groups in total. The Bertz CT molecular complexity index is 673. The van der Waals surface area contributed by atoms with Crippen molar-refractivity contribution >= 4 is 22.0 Å². The fourth-order valence-corrected chi connectivity index (χ4v) is 3.47. The van der Waals surface area contributed by atoms with Crippen LogP contribution in [0.25, 0.3) is 6.08 Å². The molecule has 2 aromatic carbocycles. The van der Waals surface area contributed by atoms with Crippen molar-refractivity contribution in [3.63, 3.8) is 0 Å². The minimum atomic E-state index is 0.965. The van der Waals surface area contributed by atoms with Gasteiger partial charge in [0, 0.05) is 17.6 Å². The molecule has 2 heteroatoms. The van der Waals surface area contributed by atoms with Crippen LogP contribution in [-0.4, -0.2) is 18.5 Å². The number of hydrogen-bond donors (Lipinski definition) is 0. The average molecular weight is 370 g/mol. The van der Waals surface area contributed by atoms with E-state index < -0.39 is 0 Å². The highest BCUT2D eigenvalue weighted by Crippen LogP contribution is 2.22. The zero-order valence-corrected chi connectivity index (χ0v) is 15.3. The zero-order chi connectivity index (χ0) is 16.1. The van der Waals surface area contributed by atoms with E-state index in [9.17, 15) is 0 Å². The smallest absolute Gasteiger partial charge is 0.0234 e. The highest BCUT2D eigenvalue weighted by molar-refractivity contribution is 9.10. The summed E-state index contributed by atoms with van der Waals surface area (Å²) in [4.78, 5) is 2.36. The Morgan fingerprint density at radius 1 is 1.00 bits per heavy atom. The van der Waals surface area contributed by atoms with Crippen LogP contribution < -0.4 is 0 Å². The summed E-state index contributed by atoms with van der Waals surface area (Å²) < 4.78 is 1.12. The Morgan fingerprint density at radius 3 is 2.52 bits per heavy atom. The summed E-state index contributed by atoms with van der Waals surface area (Å²) in [7, 11) is 2.19. The SMILES string of the molecule is CN(CC=Cc1ccc(Br)cc1)Cc1ccc2c(c1)CCCC2. The lowest BCUT2D eigenvalue weighted by Crippen LogP contribution is -2.18. The van der Waals surface area contributed by atoms with E-state index in [1.807, 2.05) is 0 Å². The Balaban J connectivity index is 1.54. The molecule has 0 spiro atoms. The quantitative estimate of drug-likeness (QED) is 0.674. The van der Waals surface area contributed by atoms with Crippen LogP contribution >= 0.6 is 15.9 Å². The number of rotatable bonds is 5. The van der Waals surface area contributed by atoms with E-state index in [1.54, 1.807) is 11.1 Å². The maximum absolute atomic E-state index is 3.47. The number of nitrogens with zero attached hydrogens (tertiary/aromatic N) is 1. The summed E-state index contributed by atoms with van der Waals surface area (Å²) in [6.07, 6.45) is 9.66. The predicted octanol–water partition coefficient (Wildman–Crippen LogP) is 5.47. The van der Waals surface area contributed by atoms with Crippen LogP contribution in [0.2, 0.25) is 0 Å². The van der Waals surface area contributed by atoms with E-state index in [4.69, 9.17) is 0 Å². The molecule has 1 aliphatic carbocycles. The molecule has 0 saturated heterocycles. The third-order valence-electron chi connectivity index (χ3n) is 4.46. The molecular formula is C21H24BrN. The molecule has 23 heavy (non-hydrogen) atoms. The van der Waals surface area contributed by atoms with E-state index in [0.29, 0.717) is 0 Å². The minimum absolute atomic E-state index is 0.965. The standard InChI is InChI=1S/C21H24BrN/c1-23(14-4-5-17-9-12-21(22)13-10-17)16-18-8-11-19-6-2-3-7-20(19)15-18/h4-5,8-13,15H,2-3,6-7,14,16H2,1H3. The lowest BCUT2D eigenvalue weighted by Gasteiger charge is -2.19. The number of aryl methyl sites for hydroxylation is 2. The normalized spacial score (nSPS) is 14.4. The average Bonchev–Trinajstić information content (AvgIpc) is 2.56. The fraction of sp³-hybridized carbons (Fsp3) is 0.333. The van der Waals surface area contributed by atoms with Gasteiger partial charge >= 0.3 is 0 Å². The van der Waals surface area contributed by atoms with Crippen LogP contribution in [0.15, 0.2) is 53.0 Å². The molecule has 0 aliphatic heterocycles. The Labute approximate surface area is 148 Å². The van der Waals surface area contributed by atoms with Gasteiger partial charge < -0.3 is 0 Å². The molecule has 0 radical (unpaired) electrons. The number of hydrogen-bond acceptors (Lipinski definition) is 1. The second-order valence-corrected chi connectivity index (χ2v) is 7.38. The van der Waals surface area contributed by atoms with Gasteiger partial charge in [0.15, 0.2) is 0 Å². The number of likely N-dealkylation sites (N-methyl/N-ethyl adjacent to an activating group) is 1. The second kappa shape index (κ2) is 7.94. The van der Waals surface area contributed by atoms with E-state index in [1.165, 1.54) is 36.8 Å². The maximum Gasteiger partial charge on any atom is 0.0234 e. The van der Waals surface area contributed by atoms with Crippen LogP contribution in [0.5, 0.6) is 0 Å². The van der Waals surface area contributed by atoms with Crippen LogP contribution in [0, 0.1) is 0 Å². The summed E-state index contributed by atoms with van der Waals surface area (Å²) in [5.74, 6) is 0. The molecule has 0 heterocycles. The van der Waals surface area contributed by atoms with Crippen molar-refractivity contribution in [2.24, 2.45) is 0 Å². The highest BCUT2D eigenvalue weighted by atomic mass is 79.9. The van der Waals surface area contributed by atoms with Crippen molar-refractivity contribution in [2.75, 3.05) is 13.6 Å². The Hall–Kier alpha value is -1.38. The van der Waals surface area contributed by atoms with Crippen LogP contribution in [-0.2, 0) is 19.4 Å². The number of benzene rings is 2. The van der Waals surface area contributed by atoms with Crippen molar-refractivity contribution in [3.05, 3.63) is 75.3 Å². The van der Waals surface area contributed by atoms with Gasteiger partial charge in [-0.2, -0.15) is 0 Å². The highest BCUT2D eigenvalue weighted by Gasteiger charge is 2.09. The molecule has 2 aromatic rings. The maximum atomic E-state index is 3.47. The summed E-state index contributed by atoms with van der Waals surface area (Å²) in [5, 5.41) is 0. The molecule has 0 bridgehead atoms. The number of halogens is 1. The van der Waals surface area contributed by atoms with Gasteiger partial charge in [-0.15, -0.1) is 0 Å². The molecule has 0 fully saturated rings. The van der Waals surface area contributed by atoms with Crippen LogP contribution in [0.4, 0.5) is 0 Å². The third-order valence-corrected chi connectivity index (χ3v) is 4.99. The molecule has 1 aliphatic rings. The first-order valence-corrected chi connectivity index (χ1v) is 9.21. The first kappa shape index (κ1) is 16.5. The van der Waals surface area contributed by atoms with Gasteiger partial charge in [0.25, 0.3) is 0 Å². The molecule has 0 saturated carbocycles. The Kier molecular flexibility index (Phi) is 5.69. The van der Waals surface area contributed by atoms with E-state index >= 15 is 0 Å². The van der Waals surface area contributed by atoms with Gasteiger partial charge in [0.2, 0.25) is 0 Å². The van der Waals surface area contributed by atoms with Crippen LogP contribution in [0.3, 0.4) is 0 Å². The van der Waals surface area contributed by atoms with Crippen molar-refractivity contribution < 1.29 is 0 Å². The molecule has 0 unspecified atom stereocenters. The van der Waals surface area contributed by atoms with E-state index in [-0.39, 0.29) is 0 Å². The van der Waals surface area contributed by atoms with Crippen molar-refractivity contribution in [1.29, 1.82) is 0 Å². The largest absolute Gasteiger partial charge is 0.298 e. The molecule has 0 atom stereocenters. The first-order chi connectivity index (χ1) is 11.2. The van der Waals surface area contributed by atoms with Gasteiger partial charge in [0.1, 0.15) is 0 Å². The number of fused-ring (bicyclic) bond motifs is 1. The van der Waals surface area contributed by atoms with Gasteiger partial charge in [0.05, 0.1) is 0 Å². The van der Waals surface area contributed by atoms with Crippen molar-refractivity contribution in [3.8, 4) is 0 Å². The van der Waals surface area contributed by atoms with Crippen LogP contribution in [0.1, 0.15) is 35.1 Å². The predicted molar refractivity (Wildman–Crippen MR) is 103 cm³/mol. The van der Waals surface area contributed by atoms with E-state index in [0.717, 1.165) is 17.6 Å². The lowest BCUT2D eigenvalue weighted by molar-refractivity contribution is 0.363. The monoisotopic (exact) mass is 369 g/mol. The fourth-order valence-electron chi connectivity index (χ4n) is 3.20. The van der Waals surface area contributed by atoms with E-state index in [2.05, 4.69) is 82.5 Å². The van der Waals surface area contributed by atoms with Gasteiger partial charge in [-0.3, -0.25) is 4.90 Å². The summed E-state index contributed by atoms with van der Waals surface area (Å²) in [6, 6.07) is 15.5. The summed E-state index contributed by atoms with van der Waals surface area (Å²) in [6.45, 7) is 1.98. The van der Waals surface area contributed by atoms with Crippen molar-refractivity contribution in [2.45, 2.75) is 32.2 Å². The second-order valence-electron chi connectivity index (χ2n) is 6.46. The summed E-state index contributed by atoms with van der Waals surface area (Å²) >= 11 is 3.47. The molecule has 3 rings (SSSR count). The topological polar surface area (TPSA) is 3.24 Å². The minimum Gasteiger partial charge on any atom is -0.298 e. The van der Waals surface area contributed by atoms with Gasteiger partial charge in [-0.05, 0) is 67.1 Å². The Morgan fingerprint density at radius 2 is 1.74 bits per heavy atom. The molecule has 1 nitrogen and oxygen atoms in total. The summed E-state index contributed by atoms with van der Waals surface area (Å²) in [5.41, 5.74) is 5.82. The zero-order valence-electron chi connectivity index (χ0n) is 13.8. The lowest BCUT2D eigenvalue weighted by atomic mass is 9.90. The molecule has 120 valence electrons. The molecular weight excluding hydrogens is 346 g/mol.